The summed E-state index contributed by atoms with van der Waals surface area (Å²) < 4.78 is 30.6. The summed E-state index contributed by atoms with van der Waals surface area (Å²) in [4.78, 5) is 12.5. The van der Waals surface area contributed by atoms with Gasteiger partial charge in [-0.05, 0) is 12.5 Å². The highest BCUT2D eigenvalue weighted by molar-refractivity contribution is 7.99. The first-order valence-corrected chi connectivity index (χ1v) is 10.2. The van der Waals surface area contributed by atoms with Gasteiger partial charge in [0.15, 0.2) is 10.7 Å². The minimum absolute atomic E-state index is 0.217. The van der Waals surface area contributed by atoms with E-state index >= 15 is 0 Å². The second-order valence-electron chi connectivity index (χ2n) is 5.37. The summed E-state index contributed by atoms with van der Waals surface area (Å²) in [5.74, 6) is 0.855. The van der Waals surface area contributed by atoms with Gasteiger partial charge in [-0.15, -0.1) is 0 Å². The topological polar surface area (TPSA) is 148 Å². The molecule has 0 saturated carbocycles. The monoisotopic (exact) mass is 390 g/mol. The Balaban J connectivity index is 1.72. The van der Waals surface area contributed by atoms with E-state index in [4.69, 9.17) is 15.4 Å². The maximum absolute atomic E-state index is 11.4. The first-order chi connectivity index (χ1) is 12.3. The number of furan rings is 1. The van der Waals surface area contributed by atoms with Crippen LogP contribution in [-0.2, 0) is 16.4 Å². The Hall–Kier alpha value is -2.84. The second-order valence-corrected chi connectivity index (χ2v) is 8.18. The third-order valence-electron chi connectivity index (χ3n) is 3.24. The van der Waals surface area contributed by atoms with Gasteiger partial charge < -0.3 is 10.2 Å². The molecule has 0 aliphatic carbocycles. The molecule has 0 spiro atoms. The van der Waals surface area contributed by atoms with Gasteiger partial charge in [0.05, 0.1) is 18.1 Å². The number of aromatic nitrogens is 3. The van der Waals surface area contributed by atoms with Crippen molar-refractivity contribution in [2.24, 2.45) is 0 Å². The van der Waals surface area contributed by atoms with Crippen molar-refractivity contribution in [3.63, 3.8) is 0 Å². The number of nitrogens with zero attached hydrogens (tertiary/aromatic N) is 4. The summed E-state index contributed by atoms with van der Waals surface area (Å²) in [6, 6.07) is 5.12. The number of hydrogen-bond donors (Lipinski definition) is 2. The second kappa shape index (κ2) is 7.19. The molecule has 3 rings (SSSR count). The van der Waals surface area contributed by atoms with Gasteiger partial charge >= 0.3 is 0 Å². The Labute approximate surface area is 153 Å². The van der Waals surface area contributed by atoms with Crippen LogP contribution >= 0.6 is 11.8 Å². The molecule has 0 atom stereocenters. The third-order valence-corrected chi connectivity index (χ3v) is 4.68. The van der Waals surface area contributed by atoms with Crippen LogP contribution in [0.25, 0.3) is 11.0 Å². The summed E-state index contributed by atoms with van der Waals surface area (Å²) >= 11 is 1.35. The van der Waals surface area contributed by atoms with Crippen molar-refractivity contribution in [3.8, 4) is 6.07 Å². The lowest BCUT2D eigenvalue weighted by Crippen LogP contribution is -2.09. The minimum atomic E-state index is -3.40. The number of nitriles is 1. The molecule has 26 heavy (non-hydrogen) atoms. The van der Waals surface area contributed by atoms with Crippen LogP contribution in [0.3, 0.4) is 0 Å². The van der Waals surface area contributed by atoms with Gasteiger partial charge in [-0.25, -0.2) is 18.4 Å². The minimum Gasteiger partial charge on any atom is -0.460 e. The lowest BCUT2D eigenvalue weighted by Gasteiger charge is -2.03. The fraction of sp³-hybridized carbons (Fsp3) is 0.200. The standard InChI is InChI=1S/C15H14N6O3S2/c1-26(22,23)21-12-8-24-13-7-18-9(4-11(12)13)2-3-25-15-19-10(6-16)5-14(17)20-15/h4-5,7-8,21H,2-3H2,1H3,(H2,17,19,20). The van der Waals surface area contributed by atoms with Gasteiger partial charge in [-0.2, -0.15) is 5.26 Å². The van der Waals surface area contributed by atoms with Crippen molar-refractivity contribution >= 4 is 44.3 Å². The van der Waals surface area contributed by atoms with E-state index in [1.165, 1.54) is 24.1 Å². The SMILES string of the molecule is CS(=O)(=O)Nc1coc2cnc(CCSc3nc(N)cc(C#N)n3)cc12. The van der Waals surface area contributed by atoms with Crippen LogP contribution in [0, 0.1) is 11.3 Å². The Morgan fingerprint density at radius 3 is 2.92 bits per heavy atom. The van der Waals surface area contributed by atoms with Crippen molar-refractivity contribution < 1.29 is 12.8 Å². The fourth-order valence-electron chi connectivity index (χ4n) is 2.20. The maximum Gasteiger partial charge on any atom is 0.229 e. The number of nitrogens with two attached hydrogens (primary N) is 1. The molecule has 3 N–H and O–H groups in total. The summed E-state index contributed by atoms with van der Waals surface area (Å²) in [6.45, 7) is 0. The summed E-state index contributed by atoms with van der Waals surface area (Å²) in [5.41, 5.74) is 7.48. The van der Waals surface area contributed by atoms with Gasteiger partial charge in [0.1, 0.15) is 23.8 Å². The van der Waals surface area contributed by atoms with Crippen LogP contribution in [0.4, 0.5) is 11.5 Å². The molecule has 0 aromatic carbocycles. The first kappa shape index (κ1) is 18.0. The number of sulfonamides is 1. The molecule has 0 fully saturated rings. The van der Waals surface area contributed by atoms with Crippen LogP contribution in [0.1, 0.15) is 11.4 Å². The van der Waals surface area contributed by atoms with E-state index in [2.05, 4.69) is 19.7 Å². The number of nitrogens with one attached hydrogen (secondary N) is 1. The average molecular weight is 390 g/mol. The zero-order valence-corrected chi connectivity index (χ0v) is 15.3. The van der Waals surface area contributed by atoms with Gasteiger partial charge in [0, 0.05) is 22.9 Å². The average Bonchev–Trinajstić information content (AvgIpc) is 2.95. The molecular formula is C15H14N6O3S2. The third kappa shape index (κ3) is 4.41. The van der Waals surface area contributed by atoms with Crippen molar-refractivity contribution in [1.82, 2.24) is 15.0 Å². The summed E-state index contributed by atoms with van der Waals surface area (Å²) in [6.07, 6.45) is 4.55. The van der Waals surface area contributed by atoms with E-state index in [-0.39, 0.29) is 11.5 Å². The van der Waals surface area contributed by atoms with Gasteiger partial charge in [-0.3, -0.25) is 9.71 Å². The number of rotatable bonds is 6. The van der Waals surface area contributed by atoms with Crippen LogP contribution in [0.5, 0.6) is 0 Å². The maximum atomic E-state index is 11.4. The van der Waals surface area contributed by atoms with Crippen molar-refractivity contribution in [3.05, 3.63) is 36.0 Å². The number of nitrogen functional groups attached to an aromatic ring is 1. The summed E-state index contributed by atoms with van der Waals surface area (Å²) in [5, 5.41) is 9.96. The predicted octanol–water partition coefficient (Wildman–Crippen LogP) is 1.78. The lowest BCUT2D eigenvalue weighted by atomic mass is 10.2. The molecule has 9 nitrogen and oxygen atoms in total. The van der Waals surface area contributed by atoms with E-state index in [1.54, 1.807) is 12.3 Å². The van der Waals surface area contributed by atoms with Crippen LogP contribution in [-0.4, -0.2) is 35.4 Å². The van der Waals surface area contributed by atoms with Crippen molar-refractivity contribution in [2.45, 2.75) is 11.6 Å². The zero-order valence-electron chi connectivity index (χ0n) is 13.6. The highest BCUT2D eigenvalue weighted by atomic mass is 32.2. The Morgan fingerprint density at radius 1 is 1.38 bits per heavy atom. The molecule has 0 aliphatic rings. The Kier molecular flexibility index (Phi) is 4.97. The molecule has 0 saturated heterocycles. The molecule has 3 heterocycles. The Bertz CT molecular complexity index is 1100. The van der Waals surface area contributed by atoms with E-state index in [0.29, 0.717) is 34.0 Å². The molecule has 3 aromatic rings. The predicted molar refractivity (Wildman–Crippen MR) is 98.1 cm³/mol. The number of thioether (sulfide) groups is 1. The molecule has 0 amide bonds. The number of anilines is 2. The van der Waals surface area contributed by atoms with Crippen molar-refractivity contribution in [2.75, 3.05) is 22.5 Å². The number of aryl methyl sites for hydroxylation is 1. The van der Waals surface area contributed by atoms with Crippen molar-refractivity contribution in [1.29, 1.82) is 5.26 Å². The molecule has 3 aromatic heterocycles. The van der Waals surface area contributed by atoms with E-state index in [1.807, 2.05) is 6.07 Å². The van der Waals surface area contributed by atoms with Crippen LogP contribution < -0.4 is 10.5 Å². The molecule has 0 bridgehead atoms. The van der Waals surface area contributed by atoms with E-state index in [0.717, 1.165) is 11.9 Å². The number of fused-ring (bicyclic) bond motifs is 1. The van der Waals surface area contributed by atoms with E-state index < -0.39 is 10.0 Å². The van der Waals surface area contributed by atoms with Crippen LogP contribution in [0.15, 0.2) is 34.2 Å². The molecule has 0 aliphatic heterocycles. The Morgan fingerprint density at radius 2 is 2.19 bits per heavy atom. The molecule has 0 radical (unpaired) electrons. The van der Waals surface area contributed by atoms with Gasteiger partial charge in [0.2, 0.25) is 10.0 Å². The van der Waals surface area contributed by atoms with Crippen LogP contribution in [0.2, 0.25) is 0 Å². The fourth-order valence-corrected chi connectivity index (χ4v) is 3.59. The highest BCUT2D eigenvalue weighted by Gasteiger charge is 2.11. The number of pyridine rings is 1. The smallest absolute Gasteiger partial charge is 0.229 e. The van der Waals surface area contributed by atoms with Gasteiger partial charge in [-0.1, -0.05) is 11.8 Å². The van der Waals surface area contributed by atoms with E-state index in [9.17, 15) is 8.42 Å². The highest BCUT2D eigenvalue weighted by Crippen LogP contribution is 2.27. The first-order valence-electron chi connectivity index (χ1n) is 7.35. The largest absolute Gasteiger partial charge is 0.460 e. The number of hydrogen-bond acceptors (Lipinski definition) is 9. The molecule has 11 heteroatoms. The molecule has 0 unspecified atom stereocenters. The molecular weight excluding hydrogens is 376 g/mol. The summed E-state index contributed by atoms with van der Waals surface area (Å²) in [7, 11) is -3.40. The normalized spacial score (nSPS) is 11.4. The lowest BCUT2D eigenvalue weighted by molar-refractivity contribution is 0.604. The quantitative estimate of drug-likeness (QED) is 0.474. The zero-order chi connectivity index (χ0) is 18.7. The van der Waals surface area contributed by atoms with Gasteiger partial charge in [0.25, 0.3) is 0 Å². The molecule has 134 valence electrons.